The van der Waals surface area contributed by atoms with Gasteiger partial charge in [-0.3, -0.25) is 0 Å². The molecule has 2 nitrogen and oxygen atoms in total. The van der Waals surface area contributed by atoms with Crippen molar-refractivity contribution >= 4 is 0 Å². The Morgan fingerprint density at radius 3 is 1.91 bits per heavy atom. The SMILES string of the molecule is Cc1cc(-c2ccccc2)c(-c2ccccc2)c2c1OCCO2. The van der Waals surface area contributed by atoms with Crippen molar-refractivity contribution in [3.05, 3.63) is 72.3 Å². The summed E-state index contributed by atoms with van der Waals surface area (Å²) < 4.78 is 11.9. The summed E-state index contributed by atoms with van der Waals surface area (Å²) >= 11 is 0. The van der Waals surface area contributed by atoms with Crippen LogP contribution in [-0.2, 0) is 0 Å². The third-order valence-electron chi connectivity index (χ3n) is 4.15. The number of hydrogen-bond donors (Lipinski definition) is 0. The minimum Gasteiger partial charge on any atom is -0.486 e. The number of ether oxygens (including phenoxy) is 2. The number of rotatable bonds is 2. The lowest BCUT2D eigenvalue weighted by Gasteiger charge is -2.25. The molecular weight excluding hydrogens is 284 g/mol. The van der Waals surface area contributed by atoms with Gasteiger partial charge in [0, 0.05) is 5.56 Å². The number of fused-ring (bicyclic) bond motifs is 1. The molecule has 0 N–H and O–H groups in total. The molecule has 0 aromatic heterocycles. The Bertz CT molecular complexity index is 823. The summed E-state index contributed by atoms with van der Waals surface area (Å²) in [6.07, 6.45) is 0. The first-order chi connectivity index (χ1) is 11.3. The molecule has 4 rings (SSSR count). The van der Waals surface area contributed by atoms with Crippen LogP contribution in [-0.4, -0.2) is 13.2 Å². The molecule has 1 aliphatic heterocycles. The maximum Gasteiger partial charge on any atom is 0.170 e. The van der Waals surface area contributed by atoms with Gasteiger partial charge in [-0.05, 0) is 35.2 Å². The minimum absolute atomic E-state index is 0.588. The second kappa shape index (κ2) is 5.81. The molecule has 23 heavy (non-hydrogen) atoms. The molecule has 0 saturated heterocycles. The molecule has 3 aromatic carbocycles. The molecule has 0 aliphatic carbocycles. The van der Waals surface area contributed by atoms with E-state index in [2.05, 4.69) is 61.5 Å². The summed E-state index contributed by atoms with van der Waals surface area (Å²) in [5.74, 6) is 1.73. The Kier molecular flexibility index (Phi) is 3.51. The molecule has 2 heteroatoms. The van der Waals surface area contributed by atoms with Gasteiger partial charge < -0.3 is 9.47 Å². The van der Waals surface area contributed by atoms with E-state index in [1.807, 2.05) is 12.1 Å². The highest BCUT2D eigenvalue weighted by Gasteiger charge is 2.23. The smallest absolute Gasteiger partial charge is 0.170 e. The summed E-state index contributed by atoms with van der Waals surface area (Å²) in [7, 11) is 0. The summed E-state index contributed by atoms with van der Waals surface area (Å²) in [4.78, 5) is 0. The first-order valence-corrected chi connectivity index (χ1v) is 7.88. The van der Waals surface area contributed by atoms with Crippen molar-refractivity contribution in [3.8, 4) is 33.8 Å². The first kappa shape index (κ1) is 13.9. The molecule has 0 unspecified atom stereocenters. The van der Waals surface area contributed by atoms with E-state index in [0.717, 1.165) is 28.2 Å². The Labute approximate surface area is 136 Å². The van der Waals surface area contributed by atoms with E-state index < -0.39 is 0 Å². The van der Waals surface area contributed by atoms with Crippen LogP contribution in [0.15, 0.2) is 66.7 Å². The van der Waals surface area contributed by atoms with Crippen LogP contribution < -0.4 is 9.47 Å². The van der Waals surface area contributed by atoms with Crippen molar-refractivity contribution in [1.82, 2.24) is 0 Å². The van der Waals surface area contributed by atoms with Gasteiger partial charge in [-0.1, -0.05) is 60.7 Å². The highest BCUT2D eigenvalue weighted by molar-refractivity contribution is 5.90. The van der Waals surface area contributed by atoms with Crippen LogP contribution in [0.5, 0.6) is 11.5 Å². The predicted octanol–water partition coefficient (Wildman–Crippen LogP) is 5.10. The molecular formula is C21H18O2. The quantitative estimate of drug-likeness (QED) is 0.655. The van der Waals surface area contributed by atoms with Gasteiger partial charge in [-0.25, -0.2) is 0 Å². The molecule has 3 aromatic rings. The fraction of sp³-hybridized carbons (Fsp3) is 0.143. The second-order valence-electron chi connectivity index (χ2n) is 5.70. The first-order valence-electron chi connectivity index (χ1n) is 7.88. The zero-order valence-corrected chi connectivity index (χ0v) is 13.1. The molecule has 0 spiro atoms. The summed E-state index contributed by atoms with van der Waals surface area (Å²) in [5.41, 5.74) is 5.73. The Hall–Kier alpha value is -2.74. The van der Waals surface area contributed by atoms with Gasteiger partial charge in [-0.2, -0.15) is 0 Å². The average Bonchev–Trinajstić information content (AvgIpc) is 2.63. The fourth-order valence-corrected chi connectivity index (χ4v) is 3.11. The molecule has 0 saturated carbocycles. The topological polar surface area (TPSA) is 18.5 Å². The Balaban J connectivity index is 2.04. The van der Waals surface area contributed by atoms with Crippen LogP contribution >= 0.6 is 0 Å². The van der Waals surface area contributed by atoms with E-state index in [0.29, 0.717) is 13.2 Å². The van der Waals surface area contributed by atoms with E-state index in [-0.39, 0.29) is 0 Å². The number of hydrogen-bond acceptors (Lipinski definition) is 2. The lowest BCUT2D eigenvalue weighted by molar-refractivity contribution is 0.171. The van der Waals surface area contributed by atoms with Crippen LogP contribution in [0.3, 0.4) is 0 Å². The third-order valence-corrected chi connectivity index (χ3v) is 4.15. The molecule has 0 fully saturated rings. The van der Waals surface area contributed by atoms with E-state index >= 15 is 0 Å². The fourth-order valence-electron chi connectivity index (χ4n) is 3.11. The van der Waals surface area contributed by atoms with Crippen molar-refractivity contribution in [2.24, 2.45) is 0 Å². The van der Waals surface area contributed by atoms with Gasteiger partial charge >= 0.3 is 0 Å². The van der Waals surface area contributed by atoms with Gasteiger partial charge in [-0.15, -0.1) is 0 Å². The maximum absolute atomic E-state index is 6.03. The standard InChI is InChI=1S/C21H18O2/c1-15-14-18(16-8-4-2-5-9-16)19(17-10-6-3-7-11-17)21-20(15)22-12-13-23-21/h2-11,14H,12-13H2,1H3. The zero-order chi connectivity index (χ0) is 15.6. The predicted molar refractivity (Wildman–Crippen MR) is 93.0 cm³/mol. The molecule has 0 bridgehead atoms. The van der Waals surface area contributed by atoms with Crippen molar-refractivity contribution in [2.45, 2.75) is 6.92 Å². The van der Waals surface area contributed by atoms with Crippen LogP contribution in [0, 0.1) is 6.92 Å². The van der Waals surface area contributed by atoms with Gasteiger partial charge in [0.2, 0.25) is 0 Å². The average molecular weight is 302 g/mol. The van der Waals surface area contributed by atoms with Crippen molar-refractivity contribution in [2.75, 3.05) is 13.2 Å². The van der Waals surface area contributed by atoms with Gasteiger partial charge in [0.25, 0.3) is 0 Å². The molecule has 0 radical (unpaired) electrons. The lowest BCUT2D eigenvalue weighted by Crippen LogP contribution is -2.17. The molecule has 1 heterocycles. The van der Waals surface area contributed by atoms with Crippen molar-refractivity contribution < 1.29 is 9.47 Å². The minimum atomic E-state index is 0.588. The maximum atomic E-state index is 6.03. The van der Waals surface area contributed by atoms with Crippen LogP contribution in [0.1, 0.15) is 5.56 Å². The highest BCUT2D eigenvalue weighted by atomic mass is 16.6. The highest BCUT2D eigenvalue weighted by Crippen LogP contribution is 2.47. The molecule has 1 aliphatic rings. The monoisotopic (exact) mass is 302 g/mol. The lowest BCUT2D eigenvalue weighted by atomic mass is 9.91. The van der Waals surface area contributed by atoms with Crippen LogP contribution in [0.2, 0.25) is 0 Å². The van der Waals surface area contributed by atoms with Gasteiger partial charge in [0.05, 0.1) is 0 Å². The summed E-state index contributed by atoms with van der Waals surface area (Å²) in [6, 6.07) is 23.0. The van der Waals surface area contributed by atoms with Gasteiger partial charge in [0.1, 0.15) is 13.2 Å². The second-order valence-corrected chi connectivity index (χ2v) is 5.70. The largest absolute Gasteiger partial charge is 0.486 e. The molecule has 0 amide bonds. The molecule has 114 valence electrons. The third kappa shape index (κ3) is 2.46. The van der Waals surface area contributed by atoms with E-state index in [9.17, 15) is 0 Å². The van der Waals surface area contributed by atoms with E-state index in [1.54, 1.807) is 0 Å². The normalized spacial score (nSPS) is 12.9. The van der Waals surface area contributed by atoms with E-state index in [1.165, 1.54) is 11.1 Å². The van der Waals surface area contributed by atoms with Crippen LogP contribution in [0.4, 0.5) is 0 Å². The Morgan fingerprint density at radius 1 is 0.696 bits per heavy atom. The van der Waals surface area contributed by atoms with E-state index in [4.69, 9.17) is 9.47 Å². The zero-order valence-electron chi connectivity index (χ0n) is 13.1. The Morgan fingerprint density at radius 2 is 1.26 bits per heavy atom. The van der Waals surface area contributed by atoms with Crippen molar-refractivity contribution in [1.29, 1.82) is 0 Å². The van der Waals surface area contributed by atoms with Crippen molar-refractivity contribution in [3.63, 3.8) is 0 Å². The number of benzene rings is 3. The molecule has 0 atom stereocenters. The van der Waals surface area contributed by atoms with Crippen LogP contribution in [0.25, 0.3) is 22.3 Å². The summed E-state index contributed by atoms with van der Waals surface area (Å²) in [5, 5.41) is 0. The number of aryl methyl sites for hydroxylation is 1. The summed E-state index contributed by atoms with van der Waals surface area (Å²) in [6.45, 7) is 3.27. The van der Waals surface area contributed by atoms with Gasteiger partial charge in [0.15, 0.2) is 11.5 Å².